The minimum atomic E-state index is -4.25. The number of amides is 1. The van der Waals surface area contributed by atoms with Crippen LogP contribution in [0.5, 0.6) is 0 Å². The van der Waals surface area contributed by atoms with Crippen molar-refractivity contribution in [3.8, 4) is 0 Å². The highest BCUT2D eigenvalue weighted by Gasteiger charge is 2.42. The van der Waals surface area contributed by atoms with Gasteiger partial charge in [0.25, 0.3) is 11.5 Å². The maximum absolute atomic E-state index is 12.8. The second-order valence-corrected chi connectivity index (χ2v) is 5.94. The molecule has 0 aromatic carbocycles. The van der Waals surface area contributed by atoms with Gasteiger partial charge in [0.15, 0.2) is 5.82 Å². The van der Waals surface area contributed by atoms with Crippen LogP contribution in [0.15, 0.2) is 23.1 Å². The maximum atomic E-state index is 12.8. The van der Waals surface area contributed by atoms with Gasteiger partial charge < -0.3 is 14.5 Å². The van der Waals surface area contributed by atoms with E-state index in [9.17, 15) is 22.8 Å². The predicted molar refractivity (Wildman–Crippen MR) is 80.7 cm³/mol. The van der Waals surface area contributed by atoms with E-state index in [2.05, 4.69) is 15.5 Å². The summed E-state index contributed by atoms with van der Waals surface area (Å²) in [6.07, 6.45) is -2.98. The molecule has 134 valence electrons. The number of rotatable bonds is 3. The first kappa shape index (κ1) is 17.2. The summed E-state index contributed by atoms with van der Waals surface area (Å²) in [7, 11) is 1.53. The van der Waals surface area contributed by atoms with E-state index in [1.807, 2.05) is 0 Å². The fraction of sp³-hybridized carbons (Fsp3) is 0.467. The summed E-state index contributed by atoms with van der Waals surface area (Å²) in [5.74, 6) is -1.35. The molecule has 10 heteroatoms. The summed E-state index contributed by atoms with van der Waals surface area (Å²) < 4.78 is 41.3. The first-order valence-corrected chi connectivity index (χ1v) is 7.69. The van der Waals surface area contributed by atoms with Gasteiger partial charge in [0.2, 0.25) is 0 Å². The van der Waals surface area contributed by atoms with Gasteiger partial charge in [-0.15, -0.1) is 10.2 Å². The zero-order valence-corrected chi connectivity index (χ0v) is 13.4. The summed E-state index contributed by atoms with van der Waals surface area (Å²) >= 11 is 0. The molecule has 0 fully saturated rings. The van der Waals surface area contributed by atoms with E-state index in [0.29, 0.717) is 5.82 Å². The molecule has 0 bridgehead atoms. The third-order valence-corrected chi connectivity index (χ3v) is 4.27. The predicted octanol–water partition coefficient (Wildman–Crippen LogP) is 1.03. The van der Waals surface area contributed by atoms with Gasteiger partial charge in [-0.2, -0.15) is 13.2 Å². The number of halogens is 3. The van der Waals surface area contributed by atoms with E-state index in [1.165, 1.54) is 23.9 Å². The Kier molecular flexibility index (Phi) is 4.36. The average molecular weight is 355 g/mol. The van der Waals surface area contributed by atoms with Crippen molar-refractivity contribution >= 4 is 5.91 Å². The van der Waals surface area contributed by atoms with Crippen molar-refractivity contribution < 1.29 is 18.0 Å². The lowest BCUT2D eigenvalue weighted by Gasteiger charge is -2.25. The van der Waals surface area contributed by atoms with E-state index >= 15 is 0 Å². The monoisotopic (exact) mass is 355 g/mol. The highest BCUT2D eigenvalue weighted by atomic mass is 19.4. The smallest absolute Gasteiger partial charge is 0.345 e. The number of alkyl halides is 3. The Morgan fingerprint density at radius 3 is 2.88 bits per heavy atom. The Bertz CT molecular complexity index is 856. The van der Waals surface area contributed by atoms with Crippen LogP contribution in [0.2, 0.25) is 0 Å². The molecule has 1 atom stereocenters. The van der Waals surface area contributed by atoms with Crippen molar-refractivity contribution in [2.24, 2.45) is 13.0 Å². The van der Waals surface area contributed by atoms with Gasteiger partial charge in [0.1, 0.15) is 11.4 Å². The Morgan fingerprint density at radius 1 is 1.40 bits per heavy atom. The Hall–Kier alpha value is -2.65. The number of hydrogen-bond donors (Lipinski definition) is 1. The van der Waals surface area contributed by atoms with Crippen LogP contribution < -0.4 is 10.9 Å². The molecule has 2 aromatic rings. The van der Waals surface area contributed by atoms with Gasteiger partial charge in [-0.3, -0.25) is 9.59 Å². The molecule has 0 saturated heterocycles. The van der Waals surface area contributed by atoms with Gasteiger partial charge in [0, 0.05) is 26.2 Å². The second-order valence-electron chi connectivity index (χ2n) is 5.94. The molecular weight excluding hydrogens is 339 g/mol. The van der Waals surface area contributed by atoms with Crippen LogP contribution in [-0.2, 0) is 26.6 Å². The molecule has 1 amide bonds. The number of nitrogens with one attached hydrogen (secondary N) is 1. The van der Waals surface area contributed by atoms with Crippen molar-refractivity contribution in [3.63, 3.8) is 0 Å². The van der Waals surface area contributed by atoms with E-state index in [4.69, 9.17) is 0 Å². The number of carbonyl (C=O) groups excluding carboxylic acids is 1. The maximum Gasteiger partial charge on any atom is 0.392 e. The molecule has 0 spiro atoms. The van der Waals surface area contributed by atoms with Gasteiger partial charge >= 0.3 is 6.18 Å². The molecule has 1 N–H and O–H groups in total. The van der Waals surface area contributed by atoms with Crippen LogP contribution >= 0.6 is 0 Å². The molecule has 2 aromatic heterocycles. The fourth-order valence-electron chi connectivity index (χ4n) is 2.82. The molecule has 1 unspecified atom stereocenters. The van der Waals surface area contributed by atoms with E-state index < -0.39 is 23.6 Å². The Morgan fingerprint density at radius 2 is 2.16 bits per heavy atom. The van der Waals surface area contributed by atoms with E-state index in [0.717, 1.165) is 0 Å². The first-order chi connectivity index (χ1) is 11.8. The Balaban J connectivity index is 1.70. The summed E-state index contributed by atoms with van der Waals surface area (Å²) in [5, 5.41) is 10.2. The van der Waals surface area contributed by atoms with Gasteiger partial charge in [-0.1, -0.05) is 0 Å². The van der Waals surface area contributed by atoms with Crippen molar-refractivity contribution in [3.05, 3.63) is 45.9 Å². The molecule has 25 heavy (non-hydrogen) atoms. The van der Waals surface area contributed by atoms with Crippen LogP contribution in [0.3, 0.4) is 0 Å². The lowest BCUT2D eigenvalue weighted by atomic mass is 9.97. The topological polar surface area (TPSA) is 81.8 Å². The standard InChI is InChI=1S/C15H16F3N5O2/c1-22-5-2-3-10(14(22)25)13(24)19-8-12-21-20-11-7-9(15(16,17)18)4-6-23(11)12/h2-3,5,9H,4,6-8H2,1H3,(H,19,24). The Labute approximate surface area is 140 Å². The highest BCUT2D eigenvalue weighted by Crippen LogP contribution is 2.34. The summed E-state index contributed by atoms with van der Waals surface area (Å²) in [4.78, 5) is 24.0. The molecular formula is C15H16F3N5O2. The van der Waals surface area contributed by atoms with E-state index in [1.54, 1.807) is 10.6 Å². The van der Waals surface area contributed by atoms with Crippen molar-refractivity contribution in [2.75, 3.05) is 0 Å². The summed E-state index contributed by atoms with van der Waals surface area (Å²) in [6, 6.07) is 2.98. The molecule has 7 nitrogen and oxygen atoms in total. The quantitative estimate of drug-likeness (QED) is 0.892. The number of aromatic nitrogens is 4. The third kappa shape index (κ3) is 3.42. The molecule has 1 aliphatic heterocycles. The minimum Gasteiger partial charge on any atom is -0.345 e. The molecule has 0 radical (unpaired) electrons. The van der Waals surface area contributed by atoms with Crippen molar-refractivity contribution in [1.82, 2.24) is 24.6 Å². The number of nitrogens with zero attached hydrogens (tertiary/aromatic N) is 4. The van der Waals surface area contributed by atoms with Crippen LogP contribution in [0.25, 0.3) is 0 Å². The van der Waals surface area contributed by atoms with Gasteiger partial charge in [0.05, 0.1) is 12.5 Å². The number of pyridine rings is 1. The van der Waals surface area contributed by atoms with Gasteiger partial charge in [-0.25, -0.2) is 0 Å². The number of fused-ring (bicyclic) bond motifs is 1. The summed E-state index contributed by atoms with van der Waals surface area (Å²) in [6.45, 7) is 0.130. The third-order valence-electron chi connectivity index (χ3n) is 4.27. The highest BCUT2D eigenvalue weighted by molar-refractivity contribution is 5.93. The molecule has 0 aliphatic carbocycles. The lowest BCUT2D eigenvalue weighted by Crippen LogP contribution is -2.34. The van der Waals surface area contributed by atoms with Crippen molar-refractivity contribution in [2.45, 2.75) is 32.1 Å². The van der Waals surface area contributed by atoms with Crippen LogP contribution in [0.1, 0.15) is 28.4 Å². The SMILES string of the molecule is Cn1cccc(C(=O)NCc2nnc3n2CCC(C(F)(F)F)C3)c1=O. The minimum absolute atomic E-state index is 0.0133. The number of carbonyl (C=O) groups is 1. The van der Waals surface area contributed by atoms with Crippen LogP contribution in [-0.4, -0.2) is 31.4 Å². The zero-order chi connectivity index (χ0) is 18.2. The van der Waals surface area contributed by atoms with Crippen molar-refractivity contribution in [1.29, 1.82) is 0 Å². The summed E-state index contributed by atoms with van der Waals surface area (Å²) in [5.41, 5.74) is -0.447. The van der Waals surface area contributed by atoms with E-state index in [-0.39, 0.29) is 37.3 Å². The zero-order valence-electron chi connectivity index (χ0n) is 13.4. The lowest BCUT2D eigenvalue weighted by molar-refractivity contribution is -0.179. The fourth-order valence-corrected chi connectivity index (χ4v) is 2.82. The molecule has 3 rings (SSSR count). The second kappa shape index (κ2) is 6.34. The largest absolute Gasteiger partial charge is 0.392 e. The van der Waals surface area contributed by atoms with Gasteiger partial charge in [-0.05, 0) is 18.6 Å². The number of aryl methyl sites for hydroxylation is 1. The molecule has 0 saturated carbocycles. The normalized spacial score (nSPS) is 17.2. The first-order valence-electron chi connectivity index (χ1n) is 7.69. The molecule has 1 aliphatic rings. The van der Waals surface area contributed by atoms with Crippen LogP contribution in [0.4, 0.5) is 13.2 Å². The number of hydrogen-bond acceptors (Lipinski definition) is 4. The average Bonchev–Trinajstić information content (AvgIpc) is 2.96. The molecule has 3 heterocycles. The van der Waals surface area contributed by atoms with Crippen LogP contribution in [0, 0.1) is 5.92 Å².